The van der Waals surface area contributed by atoms with Crippen LogP contribution in [0.25, 0.3) is 0 Å². The molecule has 0 radical (unpaired) electrons. The van der Waals surface area contributed by atoms with Crippen molar-refractivity contribution in [2.75, 3.05) is 6.54 Å². The fraction of sp³-hybridized carbons (Fsp3) is 0.650. The molecule has 1 aromatic heterocycles. The largest absolute Gasteiger partial charge is 0.480 e. The number of carboxylic acids is 1. The number of nitrogens with two attached hydrogens (primary N) is 1. The zero-order valence-electron chi connectivity index (χ0n) is 18.1. The van der Waals surface area contributed by atoms with Crippen molar-refractivity contribution in [1.29, 1.82) is 0 Å². The Hall–Kier alpha value is -2.95. The van der Waals surface area contributed by atoms with E-state index in [1.165, 1.54) is 18.2 Å². The van der Waals surface area contributed by atoms with Crippen LogP contribution in [-0.4, -0.2) is 74.4 Å². The number of H-pyrrole nitrogens is 1. The lowest BCUT2D eigenvalue weighted by Gasteiger charge is -2.29. The van der Waals surface area contributed by atoms with Crippen LogP contribution >= 0.6 is 0 Å². The van der Waals surface area contributed by atoms with Gasteiger partial charge in [0.15, 0.2) is 0 Å². The van der Waals surface area contributed by atoms with E-state index in [0.29, 0.717) is 25.1 Å². The number of rotatable bonds is 10. The summed E-state index contributed by atoms with van der Waals surface area (Å²) in [6, 6.07) is -3.55. The van der Waals surface area contributed by atoms with Crippen molar-refractivity contribution in [1.82, 2.24) is 25.5 Å². The van der Waals surface area contributed by atoms with Crippen LogP contribution in [0.15, 0.2) is 12.5 Å². The number of carbonyl (C=O) groups is 4. The maximum Gasteiger partial charge on any atom is 0.326 e. The van der Waals surface area contributed by atoms with Crippen LogP contribution in [-0.2, 0) is 25.6 Å². The molecule has 0 spiro atoms. The summed E-state index contributed by atoms with van der Waals surface area (Å²) in [7, 11) is 0. The van der Waals surface area contributed by atoms with E-state index in [9.17, 15) is 24.3 Å². The van der Waals surface area contributed by atoms with Crippen molar-refractivity contribution in [2.45, 2.75) is 70.6 Å². The molecule has 1 aromatic rings. The molecule has 172 valence electrons. The summed E-state index contributed by atoms with van der Waals surface area (Å²) >= 11 is 0. The standard InChI is InChI=1S/C20H32N6O5/c1-11(2)7-15(20(30)31)25-18(28)16-5-4-6-26(16)19(29)14(24-17(27)12(3)21)8-13-9-22-10-23-13/h9-12,14-16H,4-8,21H2,1-3H3,(H,22,23)(H,24,27)(H,25,28)(H,30,31). The maximum atomic E-state index is 13.3. The SMILES string of the molecule is CC(C)CC(NC(=O)C1CCCN1C(=O)C(Cc1cnc[nH]1)NC(=O)C(C)N)C(=O)O. The lowest BCUT2D eigenvalue weighted by Crippen LogP contribution is -2.57. The smallest absolute Gasteiger partial charge is 0.326 e. The number of amides is 3. The molecule has 0 bridgehead atoms. The van der Waals surface area contributed by atoms with Gasteiger partial charge in [0.05, 0.1) is 12.4 Å². The Bertz CT molecular complexity index is 779. The van der Waals surface area contributed by atoms with Gasteiger partial charge in [-0.05, 0) is 32.1 Å². The zero-order valence-corrected chi connectivity index (χ0v) is 18.1. The number of hydrogen-bond acceptors (Lipinski definition) is 6. The molecule has 3 amide bonds. The highest BCUT2D eigenvalue weighted by molar-refractivity contribution is 5.94. The molecule has 1 aliphatic rings. The average Bonchev–Trinajstić information content (AvgIpc) is 3.37. The number of nitrogens with zero attached hydrogens (tertiary/aromatic N) is 2. The summed E-state index contributed by atoms with van der Waals surface area (Å²) in [4.78, 5) is 58.0. The van der Waals surface area contributed by atoms with Crippen LogP contribution in [0.1, 0.15) is 45.7 Å². The van der Waals surface area contributed by atoms with Gasteiger partial charge in [-0.2, -0.15) is 0 Å². The molecule has 11 heteroatoms. The number of aromatic amines is 1. The summed E-state index contributed by atoms with van der Waals surface area (Å²) in [6.07, 6.45) is 4.49. The van der Waals surface area contributed by atoms with E-state index in [2.05, 4.69) is 20.6 Å². The molecule has 1 saturated heterocycles. The Morgan fingerprint density at radius 3 is 2.52 bits per heavy atom. The van der Waals surface area contributed by atoms with E-state index in [-0.39, 0.29) is 18.8 Å². The predicted octanol–water partition coefficient (Wildman–Crippen LogP) is -0.609. The molecule has 4 atom stereocenters. The van der Waals surface area contributed by atoms with Crippen LogP contribution in [0.3, 0.4) is 0 Å². The van der Waals surface area contributed by atoms with Crippen LogP contribution in [0, 0.1) is 5.92 Å². The van der Waals surface area contributed by atoms with Gasteiger partial charge in [0.1, 0.15) is 18.1 Å². The van der Waals surface area contributed by atoms with Crippen molar-refractivity contribution in [3.8, 4) is 0 Å². The molecule has 0 aromatic carbocycles. The molecular weight excluding hydrogens is 404 g/mol. The fourth-order valence-electron chi connectivity index (χ4n) is 3.58. The first-order valence-corrected chi connectivity index (χ1v) is 10.5. The number of hydrogen-bond donors (Lipinski definition) is 5. The fourth-order valence-corrected chi connectivity index (χ4v) is 3.58. The van der Waals surface area contributed by atoms with E-state index in [1.807, 2.05) is 13.8 Å². The Morgan fingerprint density at radius 1 is 1.26 bits per heavy atom. The summed E-state index contributed by atoms with van der Waals surface area (Å²) < 4.78 is 0. The average molecular weight is 437 g/mol. The second kappa shape index (κ2) is 10.9. The highest BCUT2D eigenvalue weighted by Gasteiger charge is 2.39. The minimum atomic E-state index is -1.11. The lowest BCUT2D eigenvalue weighted by molar-refractivity contribution is -0.145. The Morgan fingerprint density at radius 2 is 1.97 bits per heavy atom. The third-order valence-electron chi connectivity index (χ3n) is 5.17. The van der Waals surface area contributed by atoms with E-state index in [0.717, 1.165) is 0 Å². The van der Waals surface area contributed by atoms with Gasteiger partial charge in [0.25, 0.3) is 0 Å². The second-order valence-corrected chi connectivity index (χ2v) is 8.35. The van der Waals surface area contributed by atoms with Crippen LogP contribution in [0.2, 0.25) is 0 Å². The normalized spacial score (nSPS) is 19.0. The van der Waals surface area contributed by atoms with Gasteiger partial charge in [-0.3, -0.25) is 14.4 Å². The topological polar surface area (TPSA) is 171 Å². The summed E-state index contributed by atoms with van der Waals surface area (Å²) in [6.45, 7) is 5.59. The number of aliphatic carboxylic acids is 1. The van der Waals surface area contributed by atoms with Gasteiger partial charge >= 0.3 is 5.97 Å². The van der Waals surface area contributed by atoms with Gasteiger partial charge in [0, 0.05) is 24.9 Å². The number of nitrogens with one attached hydrogen (secondary N) is 3. The maximum absolute atomic E-state index is 13.3. The number of carboxylic acid groups (broad SMARTS) is 1. The Kier molecular flexibility index (Phi) is 8.55. The highest BCUT2D eigenvalue weighted by Crippen LogP contribution is 2.20. The minimum absolute atomic E-state index is 0.0787. The van der Waals surface area contributed by atoms with Crippen LogP contribution < -0.4 is 16.4 Å². The van der Waals surface area contributed by atoms with Crippen molar-refractivity contribution in [3.63, 3.8) is 0 Å². The summed E-state index contributed by atoms with van der Waals surface area (Å²) in [5.41, 5.74) is 6.28. The third-order valence-corrected chi connectivity index (χ3v) is 5.17. The van der Waals surface area contributed by atoms with Crippen molar-refractivity contribution >= 4 is 23.7 Å². The molecule has 4 unspecified atom stereocenters. The van der Waals surface area contributed by atoms with Crippen LogP contribution in [0.5, 0.6) is 0 Å². The van der Waals surface area contributed by atoms with Gasteiger partial charge in [-0.15, -0.1) is 0 Å². The quantitative estimate of drug-likeness (QED) is 0.326. The molecule has 2 rings (SSSR count). The summed E-state index contributed by atoms with van der Waals surface area (Å²) in [5.74, 6) is -2.44. The highest BCUT2D eigenvalue weighted by atomic mass is 16.4. The number of aromatic nitrogens is 2. The molecular formula is C20H32N6O5. The van der Waals surface area contributed by atoms with Gasteiger partial charge < -0.3 is 31.4 Å². The van der Waals surface area contributed by atoms with Gasteiger partial charge in [-0.25, -0.2) is 9.78 Å². The number of carbonyl (C=O) groups excluding carboxylic acids is 3. The molecule has 0 aliphatic carbocycles. The third kappa shape index (κ3) is 6.78. The molecule has 2 heterocycles. The minimum Gasteiger partial charge on any atom is -0.480 e. The molecule has 31 heavy (non-hydrogen) atoms. The molecule has 6 N–H and O–H groups in total. The second-order valence-electron chi connectivity index (χ2n) is 8.35. The summed E-state index contributed by atoms with van der Waals surface area (Å²) in [5, 5.41) is 14.6. The first kappa shape index (κ1) is 24.3. The first-order valence-electron chi connectivity index (χ1n) is 10.5. The van der Waals surface area contributed by atoms with E-state index >= 15 is 0 Å². The van der Waals surface area contributed by atoms with E-state index < -0.39 is 47.9 Å². The Labute approximate surface area is 181 Å². The van der Waals surface area contributed by atoms with Crippen molar-refractivity contribution in [2.24, 2.45) is 11.7 Å². The van der Waals surface area contributed by atoms with Crippen molar-refractivity contribution < 1.29 is 24.3 Å². The van der Waals surface area contributed by atoms with Gasteiger partial charge in [-0.1, -0.05) is 13.8 Å². The van der Waals surface area contributed by atoms with Gasteiger partial charge in [0.2, 0.25) is 17.7 Å². The first-order chi connectivity index (χ1) is 14.6. The lowest BCUT2D eigenvalue weighted by atomic mass is 10.0. The van der Waals surface area contributed by atoms with Crippen molar-refractivity contribution in [3.05, 3.63) is 18.2 Å². The monoisotopic (exact) mass is 436 g/mol. The predicted molar refractivity (Wildman–Crippen MR) is 112 cm³/mol. The Balaban J connectivity index is 2.15. The molecule has 11 nitrogen and oxygen atoms in total. The van der Waals surface area contributed by atoms with E-state index in [4.69, 9.17) is 5.73 Å². The zero-order chi connectivity index (χ0) is 23.1. The van der Waals surface area contributed by atoms with E-state index in [1.54, 1.807) is 6.20 Å². The number of imidazole rings is 1. The van der Waals surface area contributed by atoms with Crippen LogP contribution in [0.4, 0.5) is 0 Å². The molecule has 0 saturated carbocycles. The molecule has 1 fully saturated rings. The molecule has 1 aliphatic heterocycles. The number of likely N-dealkylation sites (tertiary alicyclic amines) is 1.